The molecule has 174 valence electrons. The molecule has 8 nitrogen and oxygen atoms in total. The number of rotatable bonds is 4. The summed E-state index contributed by atoms with van der Waals surface area (Å²) in [5.74, 6) is 0.659. The summed E-state index contributed by atoms with van der Waals surface area (Å²) in [6.45, 7) is 8.08. The summed E-state index contributed by atoms with van der Waals surface area (Å²) in [6, 6.07) is 11.7. The average molecular weight is 492 g/mol. The molecule has 0 bridgehead atoms. The van der Waals surface area contributed by atoms with Gasteiger partial charge in [0.25, 0.3) is 5.56 Å². The predicted octanol–water partition coefficient (Wildman–Crippen LogP) is 4.39. The molecule has 3 aromatic heterocycles. The van der Waals surface area contributed by atoms with Crippen LogP contribution >= 0.6 is 23.1 Å². The average Bonchev–Trinajstić information content (AvgIpc) is 3.45. The van der Waals surface area contributed by atoms with Gasteiger partial charge in [0.2, 0.25) is 0 Å². The third-order valence-corrected chi connectivity index (χ3v) is 7.73. The maximum Gasteiger partial charge on any atom is 0.297 e. The molecule has 1 aliphatic rings. The first-order valence-electron chi connectivity index (χ1n) is 10.8. The molecular weight excluding hydrogens is 466 g/mol. The Morgan fingerprint density at radius 2 is 1.85 bits per heavy atom. The van der Waals surface area contributed by atoms with Crippen molar-refractivity contribution in [1.82, 2.24) is 24.3 Å². The lowest BCUT2D eigenvalue weighted by atomic mass is 10.1. The fourth-order valence-electron chi connectivity index (χ4n) is 4.09. The van der Waals surface area contributed by atoms with Gasteiger partial charge in [-0.05, 0) is 45.9 Å². The normalized spacial score (nSPS) is 15.0. The summed E-state index contributed by atoms with van der Waals surface area (Å²) in [4.78, 5) is 22.4. The van der Waals surface area contributed by atoms with E-state index in [1.807, 2.05) is 55.9 Å². The van der Waals surface area contributed by atoms with Crippen molar-refractivity contribution in [1.29, 1.82) is 0 Å². The van der Waals surface area contributed by atoms with Crippen LogP contribution in [0.1, 0.15) is 28.3 Å². The van der Waals surface area contributed by atoms with Gasteiger partial charge in [-0.15, -0.1) is 11.3 Å². The first-order valence-corrected chi connectivity index (χ1v) is 12.7. The molecule has 0 atom stereocenters. The van der Waals surface area contributed by atoms with Crippen molar-refractivity contribution in [3.63, 3.8) is 0 Å². The molecule has 4 aromatic rings. The summed E-state index contributed by atoms with van der Waals surface area (Å²) in [5, 5.41) is 8.24. The maximum absolute atomic E-state index is 13.1. The monoisotopic (exact) mass is 491 g/mol. The Hall–Kier alpha value is -3.37. The van der Waals surface area contributed by atoms with E-state index in [-0.39, 0.29) is 5.56 Å². The molecule has 1 N–H and O–H groups in total. The van der Waals surface area contributed by atoms with Crippen LogP contribution in [0, 0.1) is 27.7 Å². The van der Waals surface area contributed by atoms with Crippen LogP contribution in [0.25, 0.3) is 10.8 Å². The van der Waals surface area contributed by atoms with E-state index in [1.165, 1.54) is 0 Å². The summed E-state index contributed by atoms with van der Waals surface area (Å²) in [6.07, 6.45) is 0. The lowest BCUT2D eigenvalue weighted by Crippen LogP contribution is -2.26. The second kappa shape index (κ2) is 8.77. The number of para-hydroxylation sites is 1. The standard InChI is InChI=1S/C24H25N7OS2/c1-14-12-34-24(25-14)30-15(2)11-19(16(30)3)20-13-33-23(28-27-20)26-21-17(4)29(5)31(22(21)32)18-9-7-6-8-10-18/h6-12H,13H2,1-5H3,(H,26,28). The van der Waals surface area contributed by atoms with Crippen molar-refractivity contribution >= 4 is 39.7 Å². The molecule has 34 heavy (non-hydrogen) atoms. The van der Waals surface area contributed by atoms with E-state index >= 15 is 0 Å². The van der Waals surface area contributed by atoms with E-state index < -0.39 is 0 Å². The third kappa shape index (κ3) is 3.82. The smallest absolute Gasteiger partial charge is 0.294 e. The number of nitrogens with zero attached hydrogens (tertiary/aromatic N) is 6. The van der Waals surface area contributed by atoms with Crippen molar-refractivity contribution in [3.05, 3.63) is 80.5 Å². The number of amidine groups is 1. The van der Waals surface area contributed by atoms with Crippen LogP contribution in [0.15, 0.2) is 56.7 Å². The van der Waals surface area contributed by atoms with E-state index in [4.69, 9.17) is 0 Å². The lowest BCUT2D eigenvalue weighted by molar-refractivity contribution is 0.630. The fourth-order valence-corrected chi connectivity index (χ4v) is 5.76. The zero-order valence-electron chi connectivity index (χ0n) is 19.7. The number of thioether (sulfide) groups is 1. The molecule has 4 heterocycles. The Bertz CT molecular complexity index is 1500. The number of thiazole rings is 1. The summed E-state index contributed by atoms with van der Waals surface area (Å²) in [5.41, 5.74) is 10.2. The zero-order valence-corrected chi connectivity index (χ0v) is 21.3. The van der Waals surface area contributed by atoms with E-state index in [0.717, 1.165) is 44.9 Å². The molecular formula is C24H25N7OS2. The number of nitrogens with one attached hydrogen (secondary N) is 1. The Kier molecular flexibility index (Phi) is 5.78. The third-order valence-electron chi connectivity index (χ3n) is 5.91. The largest absolute Gasteiger partial charge is 0.297 e. The van der Waals surface area contributed by atoms with E-state index in [2.05, 4.69) is 50.4 Å². The van der Waals surface area contributed by atoms with E-state index in [9.17, 15) is 4.79 Å². The van der Waals surface area contributed by atoms with Gasteiger partial charge in [-0.3, -0.25) is 19.5 Å². The quantitative estimate of drug-likeness (QED) is 0.459. The van der Waals surface area contributed by atoms with E-state index in [0.29, 0.717) is 16.6 Å². The van der Waals surface area contributed by atoms with Crippen LogP contribution in [0.4, 0.5) is 5.69 Å². The minimum atomic E-state index is -0.154. The molecule has 10 heteroatoms. The molecule has 0 aliphatic carbocycles. The van der Waals surface area contributed by atoms with Crippen molar-refractivity contribution in [2.45, 2.75) is 27.7 Å². The van der Waals surface area contributed by atoms with Crippen LogP contribution in [-0.2, 0) is 7.05 Å². The van der Waals surface area contributed by atoms with Gasteiger partial charge >= 0.3 is 0 Å². The van der Waals surface area contributed by atoms with Crippen LogP contribution in [0.5, 0.6) is 0 Å². The van der Waals surface area contributed by atoms with Gasteiger partial charge in [0, 0.05) is 35.1 Å². The molecule has 0 saturated carbocycles. The molecule has 5 rings (SSSR count). The molecule has 0 unspecified atom stereocenters. The van der Waals surface area contributed by atoms with Crippen molar-refractivity contribution in [3.8, 4) is 10.8 Å². The SMILES string of the molecule is Cc1csc(-n2c(C)cc(C3=NNC(=Nc4c(C)n(C)n(-c5ccccc5)c4=O)SC3)c2C)n1. The molecule has 1 aromatic carbocycles. The Morgan fingerprint density at radius 3 is 2.50 bits per heavy atom. The lowest BCUT2D eigenvalue weighted by Gasteiger charge is -2.15. The summed E-state index contributed by atoms with van der Waals surface area (Å²) >= 11 is 3.18. The highest BCUT2D eigenvalue weighted by Gasteiger charge is 2.22. The fraction of sp³-hybridized carbons (Fsp3) is 0.250. The van der Waals surface area contributed by atoms with Gasteiger partial charge < -0.3 is 0 Å². The zero-order chi connectivity index (χ0) is 24.0. The van der Waals surface area contributed by atoms with Crippen LogP contribution < -0.4 is 11.0 Å². The number of aromatic nitrogens is 4. The highest BCUT2D eigenvalue weighted by molar-refractivity contribution is 8.14. The minimum absolute atomic E-state index is 0.154. The number of hydrazone groups is 1. The first kappa shape index (κ1) is 22.4. The topological polar surface area (TPSA) is 81.5 Å². The van der Waals surface area contributed by atoms with Gasteiger partial charge in [-0.1, -0.05) is 30.0 Å². The molecule has 0 saturated heterocycles. The molecule has 0 fully saturated rings. The second-order valence-electron chi connectivity index (χ2n) is 8.18. The minimum Gasteiger partial charge on any atom is -0.294 e. The maximum atomic E-state index is 13.1. The van der Waals surface area contributed by atoms with E-state index in [1.54, 1.807) is 27.8 Å². The number of hydrogen-bond acceptors (Lipinski definition) is 6. The van der Waals surface area contributed by atoms with Crippen LogP contribution in [0.3, 0.4) is 0 Å². The Balaban J connectivity index is 1.44. The Morgan fingerprint density at radius 1 is 1.09 bits per heavy atom. The van der Waals surface area contributed by atoms with Gasteiger partial charge in [0.15, 0.2) is 16.0 Å². The number of benzene rings is 1. The molecule has 1 aliphatic heterocycles. The molecule has 0 amide bonds. The highest BCUT2D eigenvalue weighted by Crippen LogP contribution is 2.26. The molecule has 0 spiro atoms. The van der Waals surface area contributed by atoms with Gasteiger partial charge in [0.05, 0.1) is 22.8 Å². The van der Waals surface area contributed by atoms with Crippen molar-refractivity contribution < 1.29 is 0 Å². The second-order valence-corrected chi connectivity index (χ2v) is 9.98. The van der Waals surface area contributed by atoms with Gasteiger partial charge in [-0.2, -0.15) is 5.10 Å². The van der Waals surface area contributed by atoms with Crippen LogP contribution in [0.2, 0.25) is 0 Å². The van der Waals surface area contributed by atoms with Crippen molar-refractivity contribution in [2.75, 3.05) is 5.75 Å². The molecule has 0 radical (unpaired) electrons. The van der Waals surface area contributed by atoms with Crippen molar-refractivity contribution in [2.24, 2.45) is 17.1 Å². The first-order chi connectivity index (χ1) is 16.3. The summed E-state index contributed by atoms with van der Waals surface area (Å²) in [7, 11) is 1.87. The Labute approximate surface area is 205 Å². The van der Waals surface area contributed by atoms with Gasteiger partial charge in [0.1, 0.15) is 0 Å². The number of aryl methyl sites for hydroxylation is 2. The summed E-state index contributed by atoms with van der Waals surface area (Å²) < 4.78 is 5.63. The van der Waals surface area contributed by atoms with Gasteiger partial charge in [-0.25, -0.2) is 14.7 Å². The van der Waals surface area contributed by atoms with Crippen LogP contribution in [-0.4, -0.2) is 35.5 Å². The highest BCUT2D eigenvalue weighted by atomic mass is 32.2. The number of aliphatic imine (C=N–C) groups is 1. The number of hydrogen-bond donors (Lipinski definition) is 1. The predicted molar refractivity (Wildman–Crippen MR) is 141 cm³/mol.